The maximum absolute atomic E-state index is 11.3. The van der Waals surface area contributed by atoms with Crippen LogP contribution in [0.1, 0.15) is 13.3 Å². The molecule has 1 aliphatic rings. The third-order valence-electron chi connectivity index (χ3n) is 2.38. The minimum absolute atomic E-state index is 0.0524. The zero-order chi connectivity index (χ0) is 11.1. The van der Waals surface area contributed by atoms with Gasteiger partial charge in [0.15, 0.2) is 0 Å². The summed E-state index contributed by atoms with van der Waals surface area (Å²) in [5.41, 5.74) is 0. The first-order chi connectivity index (χ1) is 7.22. The van der Waals surface area contributed by atoms with E-state index in [0.29, 0.717) is 25.7 Å². The molecule has 0 radical (unpaired) electrons. The Kier molecular flexibility index (Phi) is 6.05. The fraction of sp³-hybridized carbons (Fsp3) is 0.900. The van der Waals surface area contributed by atoms with Crippen LogP contribution in [-0.4, -0.2) is 49.8 Å². The van der Waals surface area contributed by atoms with Crippen LogP contribution >= 0.6 is 11.8 Å². The van der Waals surface area contributed by atoms with E-state index in [9.17, 15) is 4.79 Å². The van der Waals surface area contributed by atoms with E-state index in [1.165, 1.54) is 0 Å². The molecule has 0 bridgehead atoms. The van der Waals surface area contributed by atoms with Crippen LogP contribution in [0.5, 0.6) is 0 Å². The predicted molar refractivity (Wildman–Crippen MR) is 63.2 cm³/mol. The quantitative estimate of drug-likeness (QED) is 0.644. The lowest BCUT2D eigenvalue weighted by Gasteiger charge is -2.11. The highest BCUT2D eigenvalue weighted by Gasteiger charge is 2.21. The summed E-state index contributed by atoms with van der Waals surface area (Å²) in [5.74, 6) is 1.17. The van der Waals surface area contributed by atoms with Gasteiger partial charge in [0.2, 0.25) is 5.91 Å². The van der Waals surface area contributed by atoms with E-state index in [4.69, 9.17) is 4.74 Å². The van der Waals surface area contributed by atoms with E-state index in [2.05, 4.69) is 17.6 Å². The molecule has 0 saturated carbocycles. The molecule has 4 nitrogen and oxygen atoms in total. The molecular formula is C10H20N2O2S. The van der Waals surface area contributed by atoms with Gasteiger partial charge in [-0.05, 0) is 6.42 Å². The van der Waals surface area contributed by atoms with E-state index in [-0.39, 0.29) is 5.91 Å². The lowest BCUT2D eigenvalue weighted by Crippen LogP contribution is -2.40. The number of hydrogen-bond acceptors (Lipinski definition) is 4. The van der Waals surface area contributed by atoms with Crippen LogP contribution in [0.4, 0.5) is 0 Å². The molecule has 0 spiro atoms. The van der Waals surface area contributed by atoms with Gasteiger partial charge in [0, 0.05) is 30.7 Å². The van der Waals surface area contributed by atoms with Crippen molar-refractivity contribution in [2.45, 2.75) is 24.6 Å². The van der Waals surface area contributed by atoms with E-state index in [1.807, 2.05) is 11.8 Å². The van der Waals surface area contributed by atoms with E-state index in [0.717, 1.165) is 17.4 Å². The number of thioether (sulfide) groups is 1. The van der Waals surface area contributed by atoms with Gasteiger partial charge in [-0.15, -0.1) is 0 Å². The van der Waals surface area contributed by atoms with Gasteiger partial charge >= 0.3 is 0 Å². The normalized spacial score (nSPS) is 25.5. The summed E-state index contributed by atoms with van der Waals surface area (Å²) < 4.78 is 4.85. The molecule has 2 N–H and O–H groups in total. The minimum atomic E-state index is 0.0524. The summed E-state index contributed by atoms with van der Waals surface area (Å²) in [6, 6.07) is 0.498. The second-order valence-corrected chi connectivity index (χ2v) is 5.27. The molecule has 88 valence electrons. The second kappa shape index (κ2) is 7.09. The van der Waals surface area contributed by atoms with Gasteiger partial charge in [0.25, 0.3) is 0 Å². The lowest BCUT2D eigenvalue weighted by atomic mass is 10.2. The molecular weight excluding hydrogens is 212 g/mol. The number of nitrogens with one attached hydrogen (secondary N) is 2. The van der Waals surface area contributed by atoms with Crippen LogP contribution in [-0.2, 0) is 9.53 Å². The molecule has 1 heterocycles. The number of rotatable bonds is 6. The first kappa shape index (κ1) is 12.8. The van der Waals surface area contributed by atoms with Crippen LogP contribution in [0.15, 0.2) is 0 Å². The van der Waals surface area contributed by atoms with Crippen molar-refractivity contribution in [1.29, 1.82) is 0 Å². The average molecular weight is 232 g/mol. The number of methoxy groups -OCH3 is 1. The van der Waals surface area contributed by atoms with Crippen molar-refractivity contribution in [2.75, 3.05) is 32.6 Å². The molecule has 0 aromatic carbocycles. The molecule has 2 unspecified atom stereocenters. The van der Waals surface area contributed by atoms with Crippen molar-refractivity contribution in [1.82, 2.24) is 10.6 Å². The van der Waals surface area contributed by atoms with Gasteiger partial charge in [-0.1, -0.05) is 6.92 Å². The topological polar surface area (TPSA) is 50.4 Å². The van der Waals surface area contributed by atoms with Crippen LogP contribution in [0.2, 0.25) is 0 Å². The monoisotopic (exact) mass is 232 g/mol. The summed E-state index contributed by atoms with van der Waals surface area (Å²) in [6.07, 6.45) is 1.16. The minimum Gasteiger partial charge on any atom is -0.383 e. The van der Waals surface area contributed by atoms with Crippen LogP contribution in [0.25, 0.3) is 0 Å². The maximum atomic E-state index is 11.3. The molecule has 1 rings (SSSR count). The van der Waals surface area contributed by atoms with Crippen molar-refractivity contribution in [3.05, 3.63) is 0 Å². The van der Waals surface area contributed by atoms with Crippen molar-refractivity contribution >= 4 is 17.7 Å². The Morgan fingerprint density at radius 2 is 2.40 bits per heavy atom. The highest BCUT2D eigenvalue weighted by atomic mass is 32.2. The smallest absolute Gasteiger partial charge is 0.234 e. The summed E-state index contributed by atoms with van der Waals surface area (Å²) in [6.45, 7) is 3.81. The van der Waals surface area contributed by atoms with Crippen LogP contribution < -0.4 is 10.6 Å². The number of ether oxygens (including phenoxy) is 1. The Bertz CT molecular complexity index is 202. The Morgan fingerprint density at radius 1 is 1.60 bits per heavy atom. The molecule has 0 aromatic rings. The molecule has 0 aliphatic carbocycles. The number of amides is 1. The summed E-state index contributed by atoms with van der Waals surface area (Å²) >= 11 is 1.96. The van der Waals surface area contributed by atoms with Gasteiger partial charge in [0.1, 0.15) is 0 Å². The van der Waals surface area contributed by atoms with Crippen molar-refractivity contribution in [3.8, 4) is 0 Å². The third kappa shape index (κ3) is 5.39. The van der Waals surface area contributed by atoms with E-state index < -0.39 is 0 Å². The van der Waals surface area contributed by atoms with Crippen LogP contribution in [0.3, 0.4) is 0 Å². The Balaban J connectivity index is 2.01. The predicted octanol–water partition coefficient (Wildman–Crippen LogP) is 0.233. The molecule has 2 atom stereocenters. The average Bonchev–Trinajstić information content (AvgIpc) is 2.62. The van der Waals surface area contributed by atoms with Crippen molar-refractivity contribution in [3.63, 3.8) is 0 Å². The fourth-order valence-electron chi connectivity index (χ4n) is 1.55. The number of hydrogen-bond donors (Lipinski definition) is 2. The highest BCUT2D eigenvalue weighted by molar-refractivity contribution is 8.00. The van der Waals surface area contributed by atoms with Crippen LogP contribution in [0, 0.1) is 0 Å². The Hall–Kier alpha value is -0.260. The first-order valence-electron chi connectivity index (χ1n) is 5.33. The largest absolute Gasteiger partial charge is 0.383 e. The Morgan fingerprint density at radius 3 is 3.00 bits per heavy atom. The van der Waals surface area contributed by atoms with Gasteiger partial charge in [-0.2, -0.15) is 11.8 Å². The van der Waals surface area contributed by atoms with Gasteiger partial charge in [-0.3, -0.25) is 4.79 Å². The molecule has 15 heavy (non-hydrogen) atoms. The standard InChI is InChI=1S/C10H20N2O2S/c1-8-5-9(7-15-8)12-6-10(13)11-3-4-14-2/h8-9,12H,3-7H2,1-2H3,(H,11,13). The zero-order valence-corrected chi connectivity index (χ0v) is 10.2. The Labute approximate surface area is 95.5 Å². The first-order valence-corrected chi connectivity index (χ1v) is 6.38. The molecule has 1 saturated heterocycles. The van der Waals surface area contributed by atoms with Gasteiger partial charge in [-0.25, -0.2) is 0 Å². The number of carbonyl (C=O) groups is 1. The lowest BCUT2D eigenvalue weighted by molar-refractivity contribution is -0.120. The van der Waals surface area contributed by atoms with Gasteiger partial charge in [0.05, 0.1) is 13.2 Å². The van der Waals surface area contributed by atoms with Crippen molar-refractivity contribution < 1.29 is 9.53 Å². The van der Waals surface area contributed by atoms with Gasteiger partial charge < -0.3 is 15.4 Å². The molecule has 1 fully saturated rings. The summed E-state index contributed by atoms with van der Waals surface area (Å²) in [7, 11) is 1.63. The molecule has 1 aliphatic heterocycles. The molecule has 0 aromatic heterocycles. The maximum Gasteiger partial charge on any atom is 0.234 e. The second-order valence-electron chi connectivity index (χ2n) is 3.80. The molecule has 5 heteroatoms. The number of carbonyl (C=O) groups excluding carboxylic acids is 1. The third-order valence-corrected chi connectivity index (χ3v) is 3.73. The highest BCUT2D eigenvalue weighted by Crippen LogP contribution is 2.25. The molecule has 1 amide bonds. The summed E-state index contributed by atoms with van der Waals surface area (Å²) in [4.78, 5) is 11.3. The fourth-order valence-corrected chi connectivity index (χ4v) is 2.73. The SMILES string of the molecule is COCCNC(=O)CNC1CSC(C)C1. The zero-order valence-electron chi connectivity index (χ0n) is 9.41. The summed E-state index contributed by atoms with van der Waals surface area (Å²) in [5, 5.41) is 6.77. The van der Waals surface area contributed by atoms with Crippen molar-refractivity contribution in [2.24, 2.45) is 0 Å². The van der Waals surface area contributed by atoms with E-state index >= 15 is 0 Å². The van der Waals surface area contributed by atoms with E-state index in [1.54, 1.807) is 7.11 Å².